The minimum atomic E-state index is 0.943. The van der Waals surface area contributed by atoms with E-state index in [0.29, 0.717) is 0 Å². The second-order valence-electron chi connectivity index (χ2n) is 2.20. The first-order chi connectivity index (χ1) is 4.86. The van der Waals surface area contributed by atoms with E-state index >= 15 is 0 Å². The maximum Gasteiger partial charge on any atom is 0.118 e. The first-order valence-electron chi connectivity index (χ1n) is 3.49. The molecule has 0 aliphatic rings. The molecule has 1 rings (SSSR count). The normalized spacial score (nSPS) is 9.70. The van der Waals surface area contributed by atoms with Crippen molar-refractivity contribution in [1.82, 2.24) is 0 Å². The molecule has 0 heterocycles. The number of ether oxygens (including phenoxy) is 1. The summed E-state index contributed by atoms with van der Waals surface area (Å²) in [6, 6.07) is 9.47. The van der Waals surface area contributed by atoms with Crippen molar-refractivity contribution >= 4 is 10.2 Å². The zero-order valence-electron chi connectivity index (χ0n) is 6.42. The molecule has 0 unspecified atom stereocenters. The Kier molecular flexibility index (Phi) is 2.51. The first-order valence-corrected chi connectivity index (χ1v) is 4.91. The second-order valence-corrected chi connectivity index (χ2v) is 2.91. The third-order valence-electron chi connectivity index (χ3n) is 1.57. The van der Waals surface area contributed by atoms with Crippen LogP contribution in [-0.4, -0.2) is 17.4 Å². The highest BCUT2D eigenvalue weighted by molar-refractivity contribution is 6.08. The van der Waals surface area contributed by atoms with Crippen LogP contribution in [0.2, 0.25) is 0 Å². The van der Waals surface area contributed by atoms with Crippen LogP contribution in [-0.2, 0) is 6.04 Å². The quantitative estimate of drug-likeness (QED) is 0.563. The van der Waals surface area contributed by atoms with E-state index < -0.39 is 0 Å². The maximum absolute atomic E-state index is 5.03. The Labute approximate surface area is 64.4 Å². The average Bonchev–Trinajstić information content (AvgIpc) is 2.05. The fourth-order valence-electron chi connectivity index (χ4n) is 0.861. The summed E-state index contributed by atoms with van der Waals surface area (Å²) >= 11 is 0. The molecule has 1 aromatic carbocycles. The molecule has 0 aromatic heterocycles. The van der Waals surface area contributed by atoms with E-state index in [-0.39, 0.29) is 0 Å². The van der Waals surface area contributed by atoms with Gasteiger partial charge in [-0.25, -0.2) is 0 Å². The van der Waals surface area contributed by atoms with Gasteiger partial charge in [-0.1, -0.05) is 17.7 Å². The van der Waals surface area contributed by atoms with Gasteiger partial charge in [0, 0.05) is 10.2 Å². The lowest BCUT2D eigenvalue weighted by Crippen LogP contribution is -1.85. The lowest BCUT2D eigenvalue weighted by molar-refractivity contribution is 0.414. The van der Waals surface area contributed by atoms with Gasteiger partial charge in [0.15, 0.2) is 0 Å². The molecule has 0 N–H and O–H groups in total. The summed E-state index contributed by atoms with van der Waals surface area (Å²) in [5.74, 6) is 0.943. The Bertz CT molecular complexity index is 170. The molecule has 0 aliphatic heterocycles. The monoisotopic (exact) mass is 152 g/mol. The van der Waals surface area contributed by atoms with Gasteiger partial charge >= 0.3 is 0 Å². The molecule has 0 amide bonds. The smallest absolute Gasteiger partial charge is 0.118 e. The van der Waals surface area contributed by atoms with E-state index in [2.05, 4.69) is 12.1 Å². The van der Waals surface area contributed by atoms with Crippen LogP contribution in [0.4, 0.5) is 0 Å². The van der Waals surface area contributed by atoms with Gasteiger partial charge in [0.05, 0.1) is 7.11 Å². The molecule has 0 radical (unpaired) electrons. The highest BCUT2D eigenvalue weighted by atomic mass is 28.1. The third-order valence-corrected chi connectivity index (χ3v) is 2.38. The second kappa shape index (κ2) is 3.42. The van der Waals surface area contributed by atoms with Crippen LogP contribution in [0.5, 0.6) is 5.75 Å². The Balaban J connectivity index is 2.80. The van der Waals surface area contributed by atoms with Gasteiger partial charge < -0.3 is 4.74 Å². The molecule has 54 valence electrons. The van der Waals surface area contributed by atoms with Crippen LogP contribution in [0, 0.1) is 0 Å². The fraction of sp³-hybridized carbons (Fsp3) is 0.250. The van der Waals surface area contributed by atoms with Gasteiger partial charge in [-0.15, -0.1) is 0 Å². The van der Waals surface area contributed by atoms with Gasteiger partial charge in [-0.2, -0.15) is 0 Å². The van der Waals surface area contributed by atoms with Crippen LogP contribution >= 0.6 is 0 Å². The van der Waals surface area contributed by atoms with Crippen molar-refractivity contribution in [3.05, 3.63) is 29.8 Å². The van der Waals surface area contributed by atoms with E-state index in [0.717, 1.165) is 5.75 Å². The van der Waals surface area contributed by atoms with E-state index in [1.807, 2.05) is 12.1 Å². The van der Waals surface area contributed by atoms with Crippen LogP contribution in [0.15, 0.2) is 24.3 Å². The van der Waals surface area contributed by atoms with Crippen LogP contribution in [0.3, 0.4) is 0 Å². The summed E-state index contributed by atoms with van der Waals surface area (Å²) in [6.07, 6.45) is 0. The van der Waals surface area contributed by atoms with Gasteiger partial charge in [0.2, 0.25) is 0 Å². The molecular formula is C8H12OSi. The first kappa shape index (κ1) is 7.35. The highest BCUT2D eigenvalue weighted by Gasteiger charge is 1.89. The molecule has 0 saturated heterocycles. The van der Waals surface area contributed by atoms with Gasteiger partial charge in [0.1, 0.15) is 5.75 Å². The van der Waals surface area contributed by atoms with Gasteiger partial charge in [-0.05, 0) is 18.2 Å². The summed E-state index contributed by atoms with van der Waals surface area (Å²) in [7, 11) is 2.93. The van der Waals surface area contributed by atoms with E-state index in [9.17, 15) is 0 Å². The Morgan fingerprint density at radius 2 is 1.90 bits per heavy atom. The van der Waals surface area contributed by atoms with Crippen LogP contribution < -0.4 is 4.74 Å². The molecule has 1 aromatic rings. The molecule has 0 aliphatic carbocycles. The largest absolute Gasteiger partial charge is 0.497 e. The molecule has 0 spiro atoms. The van der Waals surface area contributed by atoms with Gasteiger partial charge in [-0.3, -0.25) is 0 Å². The Morgan fingerprint density at radius 1 is 1.30 bits per heavy atom. The Morgan fingerprint density at radius 3 is 2.30 bits per heavy atom. The minimum Gasteiger partial charge on any atom is -0.497 e. The average molecular weight is 152 g/mol. The van der Waals surface area contributed by atoms with Gasteiger partial charge in [0.25, 0.3) is 0 Å². The summed E-state index contributed by atoms with van der Waals surface area (Å²) < 4.78 is 5.03. The van der Waals surface area contributed by atoms with E-state index in [1.165, 1.54) is 21.9 Å². The number of rotatable bonds is 2. The summed E-state index contributed by atoms with van der Waals surface area (Å²) in [6.45, 7) is 0. The molecule has 0 fully saturated rings. The van der Waals surface area contributed by atoms with Crippen molar-refractivity contribution in [3.63, 3.8) is 0 Å². The molecule has 10 heavy (non-hydrogen) atoms. The fourth-order valence-corrected chi connectivity index (χ4v) is 1.33. The predicted octanol–water partition coefficient (Wildman–Crippen LogP) is 0.561. The SMILES string of the molecule is COc1ccc(C[SiH3])cc1. The number of hydrogen-bond acceptors (Lipinski definition) is 1. The molecule has 0 atom stereocenters. The zero-order valence-corrected chi connectivity index (χ0v) is 8.42. The van der Waals surface area contributed by atoms with E-state index in [1.54, 1.807) is 7.11 Å². The number of benzene rings is 1. The molecule has 0 saturated carbocycles. The molecule has 2 heteroatoms. The summed E-state index contributed by atoms with van der Waals surface area (Å²) in [5.41, 5.74) is 1.41. The highest BCUT2D eigenvalue weighted by Crippen LogP contribution is 2.10. The number of methoxy groups -OCH3 is 1. The summed E-state index contributed by atoms with van der Waals surface area (Å²) in [5, 5.41) is 0. The van der Waals surface area contributed by atoms with Crippen molar-refractivity contribution < 1.29 is 4.74 Å². The molecular weight excluding hydrogens is 140 g/mol. The lowest BCUT2D eigenvalue weighted by Gasteiger charge is -1.99. The topological polar surface area (TPSA) is 9.23 Å². The molecule has 1 nitrogen and oxygen atoms in total. The minimum absolute atomic E-state index is 0.943. The Hall–Kier alpha value is -0.763. The van der Waals surface area contributed by atoms with Crippen molar-refractivity contribution in [2.24, 2.45) is 0 Å². The van der Waals surface area contributed by atoms with Crippen molar-refractivity contribution in [3.8, 4) is 5.75 Å². The third kappa shape index (κ3) is 1.61. The number of hydrogen-bond donors (Lipinski definition) is 0. The maximum atomic E-state index is 5.03. The van der Waals surface area contributed by atoms with Crippen molar-refractivity contribution in [2.45, 2.75) is 6.04 Å². The zero-order chi connectivity index (χ0) is 7.40. The van der Waals surface area contributed by atoms with Crippen LogP contribution in [0.1, 0.15) is 5.56 Å². The van der Waals surface area contributed by atoms with Crippen molar-refractivity contribution in [1.29, 1.82) is 0 Å². The molecule has 0 bridgehead atoms. The lowest BCUT2D eigenvalue weighted by atomic mass is 10.2. The summed E-state index contributed by atoms with van der Waals surface area (Å²) in [4.78, 5) is 0. The predicted molar refractivity (Wildman–Crippen MR) is 46.6 cm³/mol. The van der Waals surface area contributed by atoms with Crippen molar-refractivity contribution in [2.75, 3.05) is 7.11 Å². The van der Waals surface area contributed by atoms with E-state index in [4.69, 9.17) is 4.74 Å². The van der Waals surface area contributed by atoms with Crippen LogP contribution in [0.25, 0.3) is 0 Å². The standard InChI is InChI=1S/C8H12OSi/c1-9-8-4-2-7(6-10)3-5-8/h2-5H,6H2,1,10H3.